The zero-order valence-electron chi connectivity index (χ0n) is 16.5. The number of anilines is 1. The van der Waals surface area contributed by atoms with E-state index in [4.69, 9.17) is 15.2 Å². The van der Waals surface area contributed by atoms with Crippen LogP contribution in [0.15, 0.2) is 67.1 Å². The lowest BCUT2D eigenvalue weighted by atomic mass is 10.1. The van der Waals surface area contributed by atoms with Gasteiger partial charge in [0.2, 0.25) is 11.8 Å². The molecular weight excluding hydrogens is 383 g/mol. The van der Waals surface area contributed by atoms with Crippen molar-refractivity contribution in [1.29, 1.82) is 0 Å². The molecular formula is C23H19FN4O2. The van der Waals surface area contributed by atoms with Gasteiger partial charge >= 0.3 is 0 Å². The molecule has 0 aliphatic rings. The number of rotatable bonds is 5. The zero-order chi connectivity index (χ0) is 21.1. The summed E-state index contributed by atoms with van der Waals surface area (Å²) in [4.78, 5) is 12.1. The van der Waals surface area contributed by atoms with Crippen molar-refractivity contribution in [3.63, 3.8) is 0 Å². The summed E-state index contributed by atoms with van der Waals surface area (Å²) in [5, 5.41) is 0. The Balaban J connectivity index is 1.67. The monoisotopic (exact) mass is 402 g/mol. The smallest absolute Gasteiger partial charge is 0.227 e. The lowest BCUT2D eigenvalue weighted by molar-refractivity contribution is 0.408. The minimum absolute atomic E-state index is 0.325. The molecule has 7 heteroatoms. The number of methoxy groups -OCH3 is 1. The maximum absolute atomic E-state index is 13.6. The van der Waals surface area contributed by atoms with Gasteiger partial charge in [0, 0.05) is 29.6 Å². The minimum atomic E-state index is -0.588. The Morgan fingerprint density at radius 1 is 0.833 bits per heavy atom. The molecule has 0 aliphatic heterocycles. The average molecular weight is 402 g/mol. The minimum Gasteiger partial charge on any atom is -0.495 e. The number of nitrogens with two attached hydrogens (primary N) is 1. The van der Waals surface area contributed by atoms with Crippen LogP contribution < -0.4 is 15.2 Å². The summed E-state index contributed by atoms with van der Waals surface area (Å²) >= 11 is 0. The van der Waals surface area contributed by atoms with Crippen molar-refractivity contribution in [3.8, 4) is 39.6 Å². The molecule has 0 fully saturated rings. The fraction of sp³-hybridized carbons (Fsp3) is 0.0870. The molecule has 150 valence electrons. The summed E-state index contributed by atoms with van der Waals surface area (Å²) in [5.41, 5.74) is 9.99. The quantitative estimate of drug-likeness (QED) is 0.471. The molecule has 0 atom stereocenters. The van der Waals surface area contributed by atoms with E-state index >= 15 is 0 Å². The molecule has 0 amide bonds. The van der Waals surface area contributed by atoms with Gasteiger partial charge in [0.1, 0.15) is 17.3 Å². The maximum atomic E-state index is 13.6. The predicted molar refractivity (Wildman–Crippen MR) is 113 cm³/mol. The second-order valence-corrected chi connectivity index (χ2v) is 6.67. The Kier molecular flexibility index (Phi) is 5.26. The lowest BCUT2D eigenvalue weighted by Crippen LogP contribution is -1.96. The normalized spacial score (nSPS) is 10.6. The number of nitrogen functional groups attached to an aromatic ring is 1. The molecule has 0 unspecified atom stereocenters. The van der Waals surface area contributed by atoms with E-state index in [1.807, 2.05) is 37.3 Å². The number of nitrogens with zero attached hydrogens (tertiary/aromatic N) is 3. The molecule has 3 heterocycles. The number of benzene rings is 1. The molecule has 30 heavy (non-hydrogen) atoms. The fourth-order valence-corrected chi connectivity index (χ4v) is 3.03. The van der Waals surface area contributed by atoms with Crippen LogP contribution >= 0.6 is 0 Å². The first-order valence-electron chi connectivity index (χ1n) is 9.20. The van der Waals surface area contributed by atoms with Gasteiger partial charge in [-0.1, -0.05) is 12.1 Å². The second kappa shape index (κ2) is 8.16. The molecule has 0 saturated carbocycles. The van der Waals surface area contributed by atoms with E-state index in [2.05, 4.69) is 15.0 Å². The molecule has 0 bridgehead atoms. The highest BCUT2D eigenvalue weighted by atomic mass is 19.1. The van der Waals surface area contributed by atoms with E-state index in [-0.39, 0.29) is 0 Å². The van der Waals surface area contributed by atoms with Gasteiger partial charge in [-0.2, -0.15) is 4.39 Å². The third kappa shape index (κ3) is 4.05. The summed E-state index contributed by atoms with van der Waals surface area (Å²) < 4.78 is 24.9. The molecule has 6 nitrogen and oxygen atoms in total. The molecule has 4 rings (SSSR count). The van der Waals surface area contributed by atoms with Crippen molar-refractivity contribution in [3.05, 3.63) is 78.6 Å². The first-order valence-corrected chi connectivity index (χ1v) is 9.20. The van der Waals surface area contributed by atoms with Gasteiger partial charge in [-0.3, -0.25) is 0 Å². The van der Waals surface area contributed by atoms with Crippen LogP contribution in [0.5, 0.6) is 17.4 Å². The number of hydrogen-bond donors (Lipinski definition) is 1. The number of pyridine rings is 3. The Morgan fingerprint density at radius 3 is 2.37 bits per heavy atom. The zero-order valence-corrected chi connectivity index (χ0v) is 16.5. The van der Waals surface area contributed by atoms with Gasteiger partial charge in [-0.25, -0.2) is 15.0 Å². The Labute approximate surface area is 173 Å². The molecule has 0 saturated heterocycles. The topological polar surface area (TPSA) is 83.2 Å². The van der Waals surface area contributed by atoms with Crippen LogP contribution in [-0.2, 0) is 0 Å². The highest BCUT2D eigenvalue weighted by molar-refractivity contribution is 5.75. The van der Waals surface area contributed by atoms with Gasteiger partial charge in [0.25, 0.3) is 0 Å². The van der Waals surface area contributed by atoms with Crippen LogP contribution in [0.1, 0.15) is 5.56 Å². The summed E-state index contributed by atoms with van der Waals surface area (Å²) in [6, 6.07) is 14.2. The number of aromatic nitrogens is 3. The number of aryl methyl sites for hydroxylation is 1. The predicted octanol–water partition coefficient (Wildman–Crippen LogP) is 5.04. The van der Waals surface area contributed by atoms with E-state index < -0.39 is 5.95 Å². The molecule has 0 spiro atoms. The lowest BCUT2D eigenvalue weighted by Gasteiger charge is -2.12. The Morgan fingerprint density at radius 2 is 1.63 bits per heavy atom. The SMILES string of the molecule is COc1cnc(Oc2ccc(-c3cc(C)cnc3N)cc2)c(-c2ccnc(F)c2)c1. The van der Waals surface area contributed by atoms with Gasteiger partial charge in [0.15, 0.2) is 0 Å². The third-order valence-corrected chi connectivity index (χ3v) is 4.53. The highest BCUT2D eigenvalue weighted by Gasteiger charge is 2.13. The first kappa shape index (κ1) is 19.3. The summed E-state index contributed by atoms with van der Waals surface area (Å²) in [6.45, 7) is 1.96. The van der Waals surface area contributed by atoms with E-state index in [1.165, 1.54) is 12.3 Å². The molecule has 4 aromatic rings. The van der Waals surface area contributed by atoms with Crippen LogP contribution in [0.2, 0.25) is 0 Å². The Hall–Kier alpha value is -4.00. The van der Waals surface area contributed by atoms with Crippen LogP contribution in [0.4, 0.5) is 10.2 Å². The number of ether oxygens (including phenoxy) is 2. The van der Waals surface area contributed by atoms with E-state index in [9.17, 15) is 4.39 Å². The number of hydrogen-bond acceptors (Lipinski definition) is 6. The van der Waals surface area contributed by atoms with Crippen LogP contribution in [0.25, 0.3) is 22.3 Å². The van der Waals surface area contributed by atoms with Crippen LogP contribution in [-0.4, -0.2) is 22.1 Å². The molecule has 1 aromatic carbocycles. The van der Waals surface area contributed by atoms with Crippen LogP contribution in [0, 0.1) is 12.9 Å². The Bertz CT molecular complexity index is 1200. The van der Waals surface area contributed by atoms with Crippen molar-refractivity contribution < 1.29 is 13.9 Å². The molecule has 0 aliphatic carbocycles. The van der Waals surface area contributed by atoms with E-state index in [1.54, 1.807) is 31.6 Å². The van der Waals surface area contributed by atoms with E-state index in [0.717, 1.165) is 16.7 Å². The van der Waals surface area contributed by atoms with Crippen LogP contribution in [0.3, 0.4) is 0 Å². The van der Waals surface area contributed by atoms with Crippen molar-refractivity contribution in [1.82, 2.24) is 15.0 Å². The van der Waals surface area contributed by atoms with Gasteiger partial charge in [-0.15, -0.1) is 0 Å². The molecule has 2 N–H and O–H groups in total. The van der Waals surface area contributed by atoms with Gasteiger partial charge in [0.05, 0.1) is 13.3 Å². The van der Waals surface area contributed by atoms with Crippen molar-refractivity contribution >= 4 is 5.82 Å². The van der Waals surface area contributed by atoms with Crippen molar-refractivity contribution in [2.24, 2.45) is 0 Å². The third-order valence-electron chi connectivity index (χ3n) is 4.53. The first-order chi connectivity index (χ1) is 14.5. The largest absolute Gasteiger partial charge is 0.495 e. The molecule has 0 radical (unpaired) electrons. The van der Waals surface area contributed by atoms with E-state index in [0.29, 0.717) is 34.3 Å². The molecule has 3 aromatic heterocycles. The number of halogens is 1. The van der Waals surface area contributed by atoms with Gasteiger partial charge < -0.3 is 15.2 Å². The fourth-order valence-electron chi connectivity index (χ4n) is 3.03. The van der Waals surface area contributed by atoms with Crippen molar-refractivity contribution in [2.75, 3.05) is 12.8 Å². The average Bonchev–Trinajstić information content (AvgIpc) is 2.76. The highest BCUT2D eigenvalue weighted by Crippen LogP contribution is 2.35. The van der Waals surface area contributed by atoms with Gasteiger partial charge in [-0.05, 0) is 53.9 Å². The second-order valence-electron chi connectivity index (χ2n) is 6.67. The summed E-state index contributed by atoms with van der Waals surface area (Å²) in [6.07, 6.45) is 4.67. The summed E-state index contributed by atoms with van der Waals surface area (Å²) in [7, 11) is 1.54. The summed E-state index contributed by atoms with van der Waals surface area (Å²) in [5.74, 6) is 1.31. The standard InChI is InChI=1S/C23H19FN4O2/c1-14-9-19(22(25)27-12-14)15-3-5-17(6-4-15)30-23-20(11-18(29-2)13-28-23)16-7-8-26-21(24)10-16/h3-13H,1-2H3,(H2,25,27). The van der Waals surface area contributed by atoms with Crippen molar-refractivity contribution in [2.45, 2.75) is 6.92 Å². The maximum Gasteiger partial charge on any atom is 0.227 e.